The predicted molar refractivity (Wildman–Crippen MR) is 97.5 cm³/mol. The molecule has 0 radical (unpaired) electrons. The first-order chi connectivity index (χ1) is 11.6. The lowest BCUT2D eigenvalue weighted by molar-refractivity contribution is -0.113. The second-order valence-electron chi connectivity index (χ2n) is 4.96. The summed E-state index contributed by atoms with van der Waals surface area (Å²) in [6, 6.07) is 7.06. The first-order valence-electron chi connectivity index (χ1n) is 6.90. The lowest BCUT2D eigenvalue weighted by atomic mass is 10.2. The molecule has 3 heterocycles. The molecule has 0 N–H and O–H groups in total. The summed E-state index contributed by atoms with van der Waals surface area (Å²) in [5.41, 5.74) is 1.39. The van der Waals surface area contributed by atoms with Crippen molar-refractivity contribution in [1.29, 1.82) is 0 Å². The number of benzene rings is 1. The van der Waals surface area contributed by atoms with Crippen molar-refractivity contribution in [3.05, 3.63) is 52.2 Å². The SMILES string of the molecule is O=C1/C(=C/c2cc(Cl)c3c(c2)OCO3)SC(=S)N1c1cccnc1. The van der Waals surface area contributed by atoms with Crippen LogP contribution < -0.4 is 14.4 Å². The Kier molecular flexibility index (Phi) is 3.91. The molecule has 1 aromatic heterocycles. The van der Waals surface area contributed by atoms with Gasteiger partial charge in [-0.25, -0.2) is 0 Å². The third-order valence-corrected chi connectivity index (χ3v) is 5.03. The molecular weight excluding hydrogens is 368 g/mol. The molecule has 0 spiro atoms. The molecule has 0 saturated carbocycles. The van der Waals surface area contributed by atoms with Gasteiger partial charge in [-0.05, 0) is 35.9 Å². The van der Waals surface area contributed by atoms with E-state index in [0.717, 1.165) is 5.56 Å². The highest BCUT2D eigenvalue weighted by molar-refractivity contribution is 8.27. The third kappa shape index (κ3) is 2.64. The molecule has 1 aromatic carbocycles. The Labute approximate surface area is 152 Å². The fourth-order valence-electron chi connectivity index (χ4n) is 2.40. The van der Waals surface area contributed by atoms with E-state index in [4.69, 9.17) is 33.3 Å². The highest BCUT2D eigenvalue weighted by Gasteiger charge is 2.33. The van der Waals surface area contributed by atoms with Gasteiger partial charge in [0, 0.05) is 6.20 Å². The summed E-state index contributed by atoms with van der Waals surface area (Å²) in [7, 11) is 0. The van der Waals surface area contributed by atoms with Gasteiger partial charge in [0.25, 0.3) is 5.91 Å². The van der Waals surface area contributed by atoms with Crippen LogP contribution in [0.3, 0.4) is 0 Å². The minimum Gasteiger partial charge on any atom is -0.454 e. The van der Waals surface area contributed by atoms with Crippen molar-refractivity contribution in [3.8, 4) is 11.5 Å². The van der Waals surface area contributed by atoms with Gasteiger partial charge in [-0.1, -0.05) is 35.6 Å². The summed E-state index contributed by atoms with van der Waals surface area (Å²) in [4.78, 5) is 18.7. The van der Waals surface area contributed by atoms with Crippen LogP contribution in [0.15, 0.2) is 41.6 Å². The minimum atomic E-state index is -0.188. The van der Waals surface area contributed by atoms with Crippen molar-refractivity contribution in [1.82, 2.24) is 4.98 Å². The summed E-state index contributed by atoms with van der Waals surface area (Å²) in [5, 5.41) is 0.444. The summed E-state index contributed by atoms with van der Waals surface area (Å²) in [5.74, 6) is 0.903. The maximum absolute atomic E-state index is 12.7. The topological polar surface area (TPSA) is 51.7 Å². The summed E-state index contributed by atoms with van der Waals surface area (Å²) >= 11 is 12.7. The zero-order valence-electron chi connectivity index (χ0n) is 12.1. The fourth-order valence-corrected chi connectivity index (χ4v) is 3.97. The largest absolute Gasteiger partial charge is 0.454 e. The molecule has 1 saturated heterocycles. The molecule has 0 unspecified atom stereocenters. The van der Waals surface area contributed by atoms with E-state index in [1.165, 1.54) is 16.7 Å². The van der Waals surface area contributed by atoms with E-state index >= 15 is 0 Å². The molecule has 1 fully saturated rings. The van der Waals surface area contributed by atoms with Crippen molar-refractivity contribution in [2.24, 2.45) is 0 Å². The number of halogens is 1. The Morgan fingerprint density at radius 1 is 1.38 bits per heavy atom. The molecule has 2 aromatic rings. The van der Waals surface area contributed by atoms with Crippen LogP contribution in [0.25, 0.3) is 6.08 Å². The number of thiocarbonyl (C=S) groups is 1. The highest BCUT2D eigenvalue weighted by atomic mass is 35.5. The number of fused-ring (bicyclic) bond motifs is 1. The zero-order chi connectivity index (χ0) is 16.7. The van der Waals surface area contributed by atoms with Crippen molar-refractivity contribution in [2.75, 3.05) is 11.7 Å². The molecule has 4 rings (SSSR count). The monoisotopic (exact) mass is 376 g/mol. The van der Waals surface area contributed by atoms with E-state index in [1.54, 1.807) is 42.7 Å². The highest BCUT2D eigenvalue weighted by Crippen LogP contribution is 2.41. The molecule has 2 aliphatic heterocycles. The van der Waals surface area contributed by atoms with E-state index in [2.05, 4.69) is 4.98 Å². The summed E-state index contributed by atoms with van der Waals surface area (Å²) in [6.07, 6.45) is 4.99. The molecule has 5 nitrogen and oxygen atoms in total. The van der Waals surface area contributed by atoms with Gasteiger partial charge in [-0.3, -0.25) is 14.7 Å². The average Bonchev–Trinajstić information content (AvgIpc) is 3.14. The van der Waals surface area contributed by atoms with E-state index in [9.17, 15) is 4.79 Å². The predicted octanol–water partition coefficient (Wildman–Crippen LogP) is 3.87. The van der Waals surface area contributed by atoms with Crippen molar-refractivity contribution in [2.45, 2.75) is 0 Å². The maximum Gasteiger partial charge on any atom is 0.270 e. The number of hydrogen-bond donors (Lipinski definition) is 0. The molecule has 0 atom stereocenters. The van der Waals surface area contributed by atoms with Crippen molar-refractivity contribution in [3.63, 3.8) is 0 Å². The first-order valence-corrected chi connectivity index (χ1v) is 8.51. The van der Waals surface area contributed by atoms with Gasteiger partial charge < -0.3 is 9.47 Å². The number of pyridine rings is 1. The Hall–Kier alpha value is -2.09. The molecule has 2 aliphatic rings. The quantitative estimate of drug-likeness (QED) is 0.586. The second-order valence-corrected chi connectivity index (χ2v) is 7.05. The Bertz CT molecular complexity index is 886. The van der Waals surface area contributed by atoms with Gasteiger partial charge in [0.05, 0.1) is 21.8 Å². The standard InChI is InChI=1S/C16H9ClN2O3S2/c17-11-4-9(5-12-14(11)22-8-21-12)6-13-15(20)19(16(23)24-13)10-2-1-3-18-7-10/h1-7H,8H2/b13-6-. The lowest BCUT2D eigenvalue weighted by Crippen LogP contribution is -2.27. The van der Waals surface area contributed by atoms with E-state index < -0.39 is 0 Å². The normalized spacial score (nSPS) is 17.9. The number of ether oxygens (including phenoxy) is 2. The second kappa shape index (κ2) is 6.08. The van der Waals surface area contributed by atoms with Crippen LogP contribution in [-0.4, -0.2) is 22.0 Å². The number of aromatic nitrogens is 1. The first kappa shape index (κ1) is 15.4. The number of anilines is 1. The van der Waals surface area contributed by atoms with Gasteiger partial charge in [-0.2, -0.15) is 0 Å². The molecule has 0 aliphatic carbocycles. The number of amides is 1. The van der Waals surface area contributed by atoms with Gasteiger partial charge in [0.1, 0.15) is 0 Å². The molecule has 1 amide bonds. The van der Waals surface area contributed by atoms with Crippen LogP contribution in [0.5, 0.6) is 11.5 Å². The number of nitrogens with zero attached hydrogens (tertiary/aromatic N) is 2. The number of thioether (sulfide) groups is 1. The van der Waals surface area contributed by atoms with E-state index in [0.29, 0.717) is 31.4 Å². The van der Waals surface area contributed by atoms with E-state index in [-0.39, 0.29) is 12.7 Å². The molecule has 120 valence electrons. The molecule has 8 heteroatoms. The van der Waals surface area contributed by atoms with Crippen LogP contribution in [0, 0.1) is 0 Å². The average molecular weight is 377 g/mol. The molecular formula is C16H9ClN2O3S2. The Morgan fingerprint density at radius 3 is 3.04 bits per heavy atom. The number of carbonyl (C=O) groups excluding carboxylic acids is 1. The van der Waals surface area contributed by atoms with Crippen molar-refractivity contribution >= 4 is 57.6 Å². The van der Waals surface area contributed by atoms with Gasteiger partial charge >= 0.3 is 0 Å². The smallest absolute Gasteiger partial charge is 0.270 e. The van der Waals surface area contributed by atoms with E-state index in [1.807, 2.05) is 0 Å². The minimum absolute atomic E-state index is 0.141. The number of hydrogen-bond acceptors (Lipinski definition) is 6. The number of rotatable bonds is 2. The summed E-state index contributed by atoms with van der Waals surface area (Å²) in [6.45, 7) is 0.141. The lowest BCUT2D eigenvalue weighted by Gasteiger charge is -2.13. The van der Waals surface area contributed by atoms with Crippen LogP contribution >= 0.6 is 35.6 Å². The van der Waals surface area contributed by atoms with Gasteiger partial charge in [-0.15, -0.1) is 0 Å². The van der Waals surface area contributed by atoms with Crippen LogP contribution in [0.2, 0.25) is 5.02 Å². The van der Waals surface area contributed by atoms with Crippen LogP contribution in [0.1, 0.15) is 5.56 Å². The fraction of sp³-hybridized carbons (Fsp3) is 0.0625. The third-order valence-electron chi connectivity index (χ3n) is 3.45. The van der Waals surface area contributed by atoms with Gasteiger partial charge in [0.15, 0.2) is 15.8 Å². The maximum atomic E-state index is 12.7. The van der Waals surface area contributed by atoms with Gasteiger partial charge in [0.2, 0.25) is 6.79 Å². The summed E-state index contributed by atoms with van der Waals surface area (Å²) < 4.78 is 11.1. The van der Waals surface area contributed by atoms with Crippen LogP contribution in [-0.2, 0) is 4.79 Å². The van der Waals surface area contributed by atoms with Crippen LogP contribution in [0.4, 0.5) is 5.69 Å². The zero-order valence-corrected chi connectivity index (χ0v) is 14.5. The Balaban J connectivity index is 1.68. The molecule has 0 bridgehead atoms. The Morgan fingerprint density at radius 2 is 2.25 bits per heavy atom. The number of carbonyl (C=O) groups is 1. The van der Waals surface area contributed by atoms with Crippen molar-refractivity contribution < 1.29 is 14.3 Å². The molecule has 24 heavy (non-hydrogen) atoms.